The number of halogens is 2. The minimum atomic E-state index is -2.82. The van der Waals surface area contributed by atoms with Crippen LogP contribution in [-0.2, 0) is 11.3 Å². The average molecular weight is 413 g/mol. The van der Waals surface area contributed by atoms with Crippen LogP contribution >= 0.6 is 0 Å². The molecular formula is C18H17F2N9O. The van der Waals surface area contributed by atoms with Crippen molar-refractivity contribution in [1.29, 1.82) is 5.26 Å². The summed E-state index contributed by atoms with van der Waals surface area (Å²) < 4.78 is 29.6. The average Bonchev–Trinajstić information content (AvgIpc) is 3.12. The number of nitrogens with zero attached hydrogens (tertiary/aromatic N) is 8. The Morgan fingerprint density at radius 1 is 1.30 bits per heavy atom. The Bertz CT molecular complexity index is 1120. The number of fused-ring (bicyclic) bond motifs is 1. The fraction of sp³-hybridized carbons (Fsp3) is 0.389. The molecule has 4 heterocycles. The first-order chi connectivity index (χ1) is 14.4. The molecule has 1 atom stereocenters. The molecule has 1 aliphatic rings. The van der Waals surface area contributed by atoms with E-state index in [0.717, 1.165) is 0 Å². The summed E-state index contributed by atoms with van der Waals surface area (Å²) in [6.07, 6.45) is 5.85. The lowest BCUT2D eigenvalue weighted by Crippen LogP contribution is -2.48. The molecule has 0 aliphatic carbocycles. The Kier molecular flexibility index (Phi) is 4.94. The van der Waals surface area contributed by atoms with Gasteiger partial charge in [0.1, 0.15) is 12.6 Å². The second kappa shape index (κ2) is 7.58. The summed E-state index contributed by atoms with van der Waals surface area (Å²) in [4.78, 5) is 30.1. The minimum Gasteiger partial charge on any atom is -0.335 e. The number of nitrogens with one attached hydrogen (secondary N) is 1. The van der Waals surface area contributed by atoms with E-state index < -0.39 is 24.3 Å². The number of aromatic nitrogens is 6. The van der Waals surface area contributed by atoms with Gasteiger partial charge in [-0.25, -0.2) is 28.4 Å². The van der Waals surface area contributed by atoms with Gasteiger partial charge in [-0.3, -0.25) is 4.79 Å². The summed E-state index contributed by atoms with van der Waals surface area (Å²) in [5.74, 6) is -3.59. The second-order valence-electron chi connectivity index (χ2n) is 7.07. The molecule has 12 heteroatoms. The number of rotatable bonds is 4. The van der Waals surface area contributed by atoms with E-state index >= 15 is 0 Å². The number of hydrogen-bond acceptors (Lipinski definition) is 8. The monoisotopic (exact) mass is 413 g/mol. The third kappa shape index (κ3) is 3.86. The first-order valence-electron chi connectivity index (χ1n) is 9.19. The maximum Gasteiger partial charge on any atom is 0.267 e. The van der Waals surface area contributed by atoms with Crippen molar-refractivity contribution in [2.24, 2.45) is 5.92 Å². The maximum atomic E-state index is 14.1. The summed E-state index contributed by atoms with van der Waals surface area (Å²) >= 11 is 0. The number of anilines is 2. The number of piperidine rings is 1. The summed E-state index contributed by atoms with van der Waals surface area (Å²) in [7, 11) is 0. The van der Waals surface area contributed by atoms with Crippen molar-refractivity contribution >= 4 is 28.7 Å². The molecule has 1 amide bonds. The van der Waals surface area contributed by atoms with Crippen molar-refractivity contribution < 1.29 is 13.6 Å². The fourth-order valence-electron chi connectivity index (χ4n) is 3.12. The molecule has 0 spiro atoms. The molecule has 0 radical (unpaired) electrons. The highest BCUT2D eigenvalue weighted by Gasteiger charge is 2.42. The number of nitriles is 1. The van der Waals surface area contributed by atoms with E-state index in [9.17, 15) is 13.6 Å². The van der Waals surface area contributed by atoms with Crippen molar-refractivity contribution in [3.63, 3.8) is 0 Å². The quantitative estimate of drug-likeness (QED) is 0.684. The molecule has 1 unspecified atom stereocenters. The minimum absolute atomic E-state index is 0.132. The Labute approximate surface area is 169 Å². The number of alkyl halides is 2. The first kappa shape index (κ1) is 19.6. The number of carbonyl (C=O) groups is 1. The van der Waals surface area contributed by atoms with Gasteiger partial charge in [-0.05, 0) is 6.42 Å². The highest BCUT2D eigenvalue weighted by molar-refractivity contribution is 5.90. The maximum absolute atomic E-state index is 14.1. The smallest absolute Gasteiger partial charge is 0.267 e. The van der Waals surface area contributed by atoms with Crippen LogP contribution in [0, 0.1) is 17.2 Å². The van der Waals surface area contributed by atoms with Crippen molar-refractivity contribution in [3.8, 4) is 6.07 Å². The summed E-state index contributed by atoms with van der Waals surface area (Å²) in [6.45, 7) is 1.34. The zero-order valence-corrected chi connectivity index (χ0v) is 16.0. The van der Waals surface area contributed by atoms with E-state index in [1.165, 1.54) is 41.3 Å². The normalized spacial score (nSPS) is 18.2. The van der Waals surface area contributed by atoms with E-state index in [0.29, 0.717) is 24.0 Å². The van der Waals surface area contributed by atoms with Crippen LogP contribution in [0.2, 0.25) is 0 Å². The van der Waals surface area contributed by atoms with Crippen LogP contribution in [0.3, 0.4) is 0 Å². The van der Waals surface area contributed by atoms with E-state index in [4.69, 9.17) is 5.26 Å². The number of carbonyl (C=O) groups excluding carboxylic acids is 1. The molecule has 10 nitrogen and oxygen atoms in total. The third-order valence-electron chi connectivity index (χ3n) is 4.93. The Morgan fingerprint density at radius 2 is 2.13 bits per heavy atom. The SMILES string of the molecule is CC1CCN(c2ncc3cnn(CC(=O)Nc4cnc(C#N)cn4)c3n2)CC1(F)F. The fourth-order valence-corrected chi connectivity index (χ4v) is 3.12. The van der Waals surface area contributed by atoms with E-state index in [-0.39, 0.29) is 24.0 Å². The predicted molar refractivity (Wildman–Crippen MR) is 102 cm³/mol. The molecule has 0 aromatic carbocycles. The summed E-state index contributed by atoms with van der Waals surface area (Å²) in [5.41, 5.74) is 0.496. The molecular weight excluding hydrogens is 396 g/mol. The van der Waals surface area contributed by atoms with Gasteiger partial charge in [0.2, 0.25) is 11.9 Å². The number of amides is 1. The largest absolute Gasteiger partial charge is 0.335 e. The van der Waals surface area contributed by atoms with E-state index in [1.54, 1.807) is 0 Å². The van der Waals surface area contributed by atoms with Gasteiger partial charge in [0.05, 0.1) is 30.5 Å². The Morgan fingerprint density at radius 3 is 2.83 bits per heavy atom. The Hall–Kier alpha value is -3.75. The van der Waals surface area contributed by atoms with Crippen molar-refractivity contribution in [1.82, 2.24) is 29.7 Å². The highest BCUT2D eigenvalue weighted by atomic mass is 19.3. The van der Waals surface area contributed by atoms with Crippen LogP contribution in [0.25, 0.3) is 11.0 Å². The van der Waals surface area contributed by atoms with Crippen LogP contribution in [0.15, 0.2) is 24.8 Å². The lowest BCUT2D eigenvalue weighted by atomic mass is 9.95. The van der Waals surface area contributed by atoms with E-state index in [1.807, 2.05) is 6.07 Å². The molecule has 0 saturated carbocycles. The van der Waals surface area contributed by atoms with Crippen molar-refractivity contribution in [2.75, 3.05) is 23.3 Å². The molecule has 3 aromatic heterocycles. The van der Waals surface area contributed by atoms with Crippen LogP contribution in [0.5, 0.6) is 0 Å². The third-order valence-corrected chi connectivity index (χ3v) is 4.93. The van der Waals surface area contributed by atoms with Gasteiger partial charge in [-0.1, -0.05) is 6.92 Å². The molecule has 154 valence electrons. The van der Waals surface area contributed by atoms with Crippen LogP contribution in [0.4, 0.5) is 20.5 Å². The summed E-state index contributed by atoms with van der Waals surface area (Å²) in [5, 5.41) is 16.0. The molecule has 3 aromatic rings. The van der Waals surface area contributed by atoms with Gasteiger partial charge in [-0.15, -0.1) is 0 Å². The Balaban J connectivity index is 1.51. The van der Waals surface area contributed by atoms with Gasteiger partial charge in [0.25, 0.3) is 5.92 Å². The molecule has 1 N–H and O–H groups in total. The van der Waals surface area contributed by atoms with Crippen molar-refractivity contribution in [2.45, 2.75) is 25.8 Å². The van der Waals surface area contributed by atoms with Gasteiger partial charge >= 0.3 is 0 Å². The molecule has 1 aliphatic heterocycles. The van der Waals surface area contributed by atoms with Gasteiger partial charge in [-0.2, -0.15) is 15.3 Å². The highest BCUT2D eigenvalue weighted by Crippen LogP contribution is 2.33. The van der Waals surface area contributed by atoms with Crippen LogP contribution < -0.4 is 10.2 Å². The lowest BCUT2D eigenvalue weighted by Gasteiger charge is -2.36. The van der Waals surface area contributed by atoms with E-state index in [2.05, 4.69) is 30.4 Å². The summed E-state index contributed by atoms with van der Waals surface area (Å²) in [6, 6.07) is 1.84. The van der Waals surface area contributed by atoms with Crippen LogP contribution in [0.1, 0.15) is 19.0 Å². The first-order valence-corrected chi connectivity index (χ1v) is 9.19. The number of hydrogen-bond donors (Lipinski definition) is 1. The molecule has 30 heavy (non-hydrogen) atoms. The van der Waals surface area contributed by atoms with Gasteiger partial charge in [0, 0.05) is 18.7 Å². The topological polar surface area (TPSA) is 126 Å². The van der Waals surface area contributed by atoms with Crippen molar-refractivity contribution in [3.05, 3.63) is 30.5 Å². The molecule has 1 saturated heterocycles. The van der Waals surface area contributed by atoms with Gasteiger partial charge in [0.15, 0.2) is 17.2 Å². The second-order valence-corrected chi connectivity index (χ2v) is 7.07. The molecule has 1 fully saturated rings. The zero-order valence-electron chi connectivity index (χ0n) is 16.0. The standard InChI is InChI=1S/C18H17F2N9O/c1-11-2-3-28(10-18(11,19)20)17-24-5-12-6-25-29(16(12)27-17)9-15(30)26-14-8-22-13(4-21)7-23-14/h5-8,11H,2-3,9-10H2,1H3,(H,23,26,30). The lowest BCUT2D eigenvalue weighted by molar-refractivity contribution is -0.116. The molecule has 4 rings (SSSR count). The zero-order chi connectivity index (χ0) is 21.3. The van der Waals surface area contributed by atoms with Gasteiger partial charge < -0.3 is 10.2 Å². The molecule has 0 bridgehead atoms. The van der Waals surface area contributed by atoms with Crippen LogP contribution in [-0.4, -0.2) is 54.6 Å². The predicted octanol–water partition coefficient (Wildman–Crippen LogP) is 1.61.